The summed E-state index contributed by atoms with van der Waals surface area (Å²) in [6.07, 6.45) is 4.18. The number of ether oxygens (including phenoxy) is 1. The molecule has 2 unspecified atom stereocenters. The van der Waals surface area contributed by atoms with Gasteiger partial charge in [0.15, 0.2) is 0 Å². The van der Waals surface area contributed by atoms with Gasteiger partial charge >= 0.3 is 0 Å². The van der Waals surface area contributed by atoms with E-state index in [0.29, 0.717) is 6.04 Å². The van der Waals surface area contributed by atoms with E-state index in [1.54, 1.807) is 0 Å². The van der Waals surface area contributed by atoms with Crippen LogP contribution in [0.2, 0.25) is 0 Å². The summed E-state index contributed by atoms with van der Waals surface area (Å²) in [6, 6.07) is 5.54. The number of rotatable bonds is 5. The number of halogens is 2. The van der Waals surface area contributed by atoms with Crippen molar-refractivity contribution in [3.05, 3.63) is 34.1 Å². The average molecular weight is 358 g/mol. The third-order valence-corrected chi connectivity index (χ3v) is 5.38. The van der Waals surface area contributed by atoms with Crippen molar-refractivity contribution in [1.29, 1.82) is 0 Å². The maximum atomic E-state index is 13.2. The van der Waals surface area contributed by atoms with Crippen LogP contribution in [0.25, 0.3) is 0 Å². The zero-order chi connectivity index (χ0) is 15.5. The molecule has 21 heavy (non-hydrogen) atoms. The summed E-state index contributed by atoms with van der Waals surface area (Å²) in [5.74, 6) is -0.208. The van der Waals surface area contributed by atoms with Gasteiger partial charge in [-0.15, -0.1) is 0 Å². The van der Waals surface area contributed by atoms with Gasteiger partial charge in [0.25, 0.3) is 0 Å². The quantitative estimate of drug-likeness (QED) is 0.802. The van der Waals surface area contributed by atoms with Gasteiger partial charge in [-0.2, -0.15) is 0 Å². The SMILES string of the molecule is CCC1(CC)CC(NC(C)c2ccc(F)cc2Br)CCO1. The van der Waals surface area contributed by atoms with E-state index in [-0.39, 0.29) is 17.5 Å². The fourth-order valence-electron chi connectivity index (χ4n) is 3.21. The molecule has 118 valence electrons. The lowest BCUT2D eigenvalue weighted by molar-refractivity contribution is -0.0939. The summed E-state index contributed by atoms with van der Waals surface area (Å²) >= 11 is 3.46. The maximum absolute atomic E-state index is 13.2. The van der Waals surface area contributed by atoms with Crippen molar-refractivity contribution in [2.24, 2.45) is 0 Å². The molecule has 0 aromatic heterocycles. The van der Waals surface area contributed by atoms with Crippen molar-refractivity contribution < 1.29 is 9.13 Å². The highest BCUT2D eigenvalue weighted by molar-refractivity contribution is 9.10. The summed E-state index contributed by atoms with van der Waals surface area (Å²) in [5.41, 5.74) is 1.12. The minimum absolute atomic E-state index is 0.0235. The Balaban J connectivity index is 2.03. The van der Waals surface area contributed by atoms with Crippen LogP contribution in [0.5, 0.6) is 0 Å². The first-order valence-electron chi connectivity index (χ1n) is 7.84. The molecule has 0 spiro atoms. The summed E-state index contributed by atoms with van der Waals surface area (Å²) < 4.78 is 20.0. The number of hydrogen-bond acceptors (Lipinski definition) is 2. The van der Waals surface area contributed by atoms with E-state index in [1.807, 2.05) is 6.07 Å². The van der Waals surface area contributed by atoms with Gasteiger partial charge < -0.3 is 10.1 Å². The first-order valence-corrected chi connectivity index (χ1v) is 8.64. The molecule has 2 atom stereocenters. The number of nitrogens with one attached hydrogen (secondary N) is 1. The highest BCUT2D eigenvalue weighted by Crippen LogP contribution is 2.33. The lowest BCUT2D eigenvalue weighted by Gasteiger charge is -2.41. The third-order valence-electron chi connectivity index (χ3n) is 4.70. The normalized spacial score (nSPS) is 23.0. The zero-order valence-corrected chi connectivity index (χ0v) is 14.7. The third kappa shape index (κ3) is 4.05. The van der Waals surface area contributed by atoms with E-state index in [2.05, 4.69) is 42.0 Å². The van der Waals surface area contributed by atoms with Gasteiger partial charge in [-0.25, -0.2) is 4.39 Å². The second-order valence-electron chi connectivity index (χ2n) is 5.98. The van der Waals surface area contributed by atoms with Crippen molar-refractivity contribution in [2.75, 3.05) is 6.61 Å². The van der Waals surface area contributed by atoms with Crippen LogP contribution in [0.1, 0.15) is 58.1 Å². The molecule has 1 N–H and O–H groups in total. The molecule has 0 bridgehead atoms. The van der Waals surface area contributed by atoms with Crippen molar-refractivity contribution in [1.82, 2.24) is 5.32 Å². The van der Waals surface area contributed by atoms with Gasteiger partial charge in [-0.05, 0) is 50.3 Å². The Bertz CT molecular complexity index is 476. The fraction of sp³-hybridized carbons (Fsp3) is 0.647. The van der Waals surface area contributed by atoms with Crippen LogP contribution in [0, 0.1) is 5.82 Å². The predicted octanol–water partition coefficient (Wildman–Crippen LogP) is 4.98. The molecule has 2 rings (SSSR count). The van der Waals surface area contributed by atoms with Crippen molar-refractivity contribution in [3.63, 3.8) is 0 Å². The Labute approximate surface area is 135 Å². The molecule has 1 aromatic carbocycles. The van der Waals surface area contributed by atoms with E-state index < -0.39 is 0 Å². The fourth-order valence-corrected chi connectivity index (χ4v) is 3.90. The van der Waals surface area contributed by atoms with Crippen molar-refractivity contribution in [2.45, 2.75) is 64.1 Å². The summed E-state index contributed by atoms with van der Waals surface area (Å²) in [4.78, 5) is 0. The van der Waals surface area contributed by atoms with E-state index in [0.717, 1.165) is 42.3 Å². The van der Waals surface area contributed by atoms with Gasteiger partial charge in [-0.3, -0.25) is 0 Å². The van der Waals surface area contributed by atoms with Crippen molar-refractivity contribution >= 4 is 15.9 Å². The second kappa shape index (κ2) is 7.21. The highest BCUT2D eigenvalue weighted by Gasteiger charge is 2.34. The topological polar surface area (TPSA) is 21.3 Å². The van der Waals surface area contributed by atoms with Gasteiger partial charge in [0, 0.05) is 23.2 Å². The molecule has 1 fully saturated rings. The minimum Gasteiger partial charge on any atom is -0.375 e. The number of benzene rings is 1. The van der Waals surface area contributed by atoms with Crippen LogP contribution < -0.4 is 5.32 Å². The molecule has 0 saturated carbocycles. The lowest BCUT2D eigenvalue weighted by Crippen LogP contribution is -2.47. The van der Waals surface area contributed by atoms with Crippen LogP contribution in [0.15, 0.2) is 22.7 Å². The first-order chi connectivity index (χ1) is 9.99. The molecule has 0 aliphatic carbocycles. The molecule has 4 heteroatoms. The molecular weight excluding hydrogens is 333 g/mol. The Hall–Kier alpha value is -0.450. The molecule has 0 radical (unpaired) electrons. The van der Waals surface area contributed by atoms with Crippen molar-refractivity contribution in [3.8, 4) is 0 Å². The molecule has 1 aliphatic rings. The van der Waals surface area contributed by atoms with Crippen LogP contribution in [-0.4, -0.2) is 18.2 Å². The minimum atomic E-state index is -0.208. The average Bonchev–Trinajstić information content (AvgIpc) is 2.47. The molecule has 1 saturated heterocycles. The van der Waals surface area contributed by atoms with Gasteiger partial charge in [0.05, 0.1) is 5.60 Å². The largest absolute Gasteiger partial charge is 0.375 e. The molecule has 1 aromatic rings. The predicted molar refractivity (Wildman–Crippen MR) is 87.9 cm³/mol. The number of hydrogen-bond donors (Lipinski definition) is 1. The Morgan fingerprint density at radius 1 is 1.43 bits per heavy atom. The first kappa shape index (κ1) is 16.9. The summed E-state index contributed by atoms with van der Waals surface area (Å²) in [7, 11) is 0. The van der Waals surface area contributed by atoms with Crippen LogP contribution in [-0.2, 0) is 4.74 Å². The van der Waals surface area contributed by atoms with Gasteiger partial charge in [0.1, 0.15) is 5.82 Å². The highest BCUT2D eigenvalue weighted by atomic mass is 79.9. The molecule has 2 nitrogen and oxygen atoms in total. The Morgan fingerprint density at radius 3 is 2.76 bits per heavy atom. The van der Waals surface area contributed by atoms with Crippen LogP contribution in [0.3, 0.4) is 0 Å². The molecule has 1 heterocycles. The van der Waals surface area contributed by atoms with E-state index >= 15 is 0 Å². The Kier molecular flexibility index (Phi) is 5.81. The van der Waals surface area contributed by atoms with E-state index in [4.69, 9.17) is 4.74 Å². The van der Waals surface area contributed by atoms with Crippen LogP contribution >= 0.6 is 15.9 Å². The summed E-state index contributed by atoms with van der Waals surface area (Å²) in [5, 5.41) is 3.69. The second-order valence-corrected chi connectivity index (χ2v) is 6.84. The molecule has 0 amide bonds. The van der Waals surface area contributed by atoms with Gasteiger partial charge in [0.2, 0.25) is 0 Å². The smallest absolute Gasteiger partial charge is 0.124 e. The molecular formula is C17H25BrFNO. The van der Waals surface area contributed by atoms with E-state index in [1.165, 1.54) is 12.1 Å². The lowest BCUT2D eigenvalue weighted by atomic mass is 9.85. The van der Waals surface area contributed by atoms with Gasteiger partial charge in [-0.1, -0.05) is 35.8 Å². The standard InChI is InChI=1S/C17H25BrFNO/c1-4-17(5-2)11-14(8-9-21-17)20-12(3)15-7-6-13(19)10-16(15)18/h6-7,10,12,14,20H,4-5,8-9,11H2,1-3H3. The van der Waals surface area contributed by atoms with E-state index in [9.17, 15) is 4.39 Å². The maximum Gasteiger partial charge on any atom is 0.124 e. The Morgan fingerprint density at radius 2 is 2.14 bits per heavy atom. The zero-order valence-electron chi connectivity index (χ0n) is 13.1. The molecule has 1 aliphatic heterocycles. The van der Waals surface area contributed by atoms with Crippen LogP contribution in [0.4, 0.5) is 4.39 Å². The monoisotopic (exact) mass is 357 g/mol. The summed E-state index contributed by atoms with van der Waals surface area (Å²) in [6.45, 7) is 7.35.